The van der Waals surface area contributed by atoms with Crippen molar-refractivity contribution in [3.63, 3.8) is 0 Å². The van der Waals surface area contributed by atoms with Gasteiger partial charge in [-0.15, -0.1) is 0 Å². The van der Waals surface area contributed by atoms with Gasteiger partial charge in [0.05, 0.1) is 18.3 Å². The smallest absolute Gasteiger partial charge is 0.256 e. The number of likely N-dealkylation sites (tertiary alicyclic amines) is 1. The molecule has 1 saturated heterocycles. The minimum atomic E-state index is 0.0135. The van der Waals surface area contributed by atoms with E-state index in [1.807, 2.05) is 29.2 Å². The highest BCUT2D eigenvalue weighted by Crippen LogP contribution is 2.17. The number of H-pyrrole nitrogens is 1. The quantitative estimate of drug-likeness (QED) is 0.844. The predicted octanol–water partition coefficient (Wildman–Crippen LogP) is 3.61. The Labute approximate surface area is 147 Å². The van der Waals surface area contributed by atoms with Gasteiger partial charge >= 0.3 is 0 Å². The molecule has 0 unspecified atom stereocenters. The third-order valence-corrected chi connectivity index (χ3v) is 4.70. The molecule has 5 heteroatoms. The van der Waals surface area contributed by atoms with E-state index in [1.54, 1.807) is 12.3 Å². The van der Waals surface area contributed by atoms with E-state index in [-0.39, 0.29) is 12.0 Å². The van der Waals surface area contributed by atoms with E-state index in [4.69, 9.17) is 17.0 Å². The van der Waals surface area contributed by atoms with Gasteiger partial charge in [0, 0.05) is 19.3 Å². The molecule has 0 aliphatic carbocycles. The zero-order valence-corrected chi connectivity index (χ0v) is 14.4. The van der Waals surface area contributed by atoms with Crippen molar-refractivity contribution in [2.24, 2.45) is 0 Å². The van der Waals surface area contributed by atoms with Crippen LogP contribution in [0.25, 0.3) is 0 Å². The number of carbonyl (C=O) groups excluding carboxylic acids is 1. The second kappa shape index (κ2) is 8.22. The normalized spacial score (nSPS) is 15.4. The zero-order chi connectivity index (χ0) is 16.8. The molecule has 3 rings (SSSR count). The number of nitrogens with zero attached hydrogens (tertiary/aromatic N) is 1. The molecule has 0 spiro atoms. The third-order valence-electron chi connectivity index (χ3n) is 4.36. The highest BCUT2D eigenvalue weighted by molar-refractivity contribution is 7.71. The molecule has 1 fully saturated rings. The van der Waals surface area contributed by atoms with E-state index in [2.05, 4.69) is 17.1 Å². The molecule has 1 amide bonds. The zero-order valence-electron chi connectivity index (χ0n) is 13.6. The molecule has 1 aliphatic heterocycles. The number of aromatic nitrogens is 1. The topological polar surface area (TPSA) is 45.3 Å². The molecule has 0 bridgehead atoms. The standard InChI is InChI=1S/C19H22N2O2S/c22-19(17-7-4-11-20-18(17)24)21-12-8-16(9-13-21)23-14-10-15-5-2-1-3-6-15/h1-7,11,16H,8-10,12-14H2,(H,20,24). The van der Waals surface area contributed by atoms with Gasteiger partial charge in [0.2, 0.25) is 0 Å². The molecule has 1 aromatic heterocycles. The van der Waals surface area contributed by atoms with Gasteiger partial charge in [0.1, 0.15) is 4.64 Å². The van der Waals surface area contributed by atoms with Crippen molar-refractivity contribution in [2.45, 2.75) is 25.4 Å². The predicted molar refractivity (Wildman–Crippen MR) is 96.7 cm³/mol. The van der Waals surface area contributed by atoms with Gasteiger partial charge in [-0.05, 0) is 37.0 Å². The summed E-state index contributed by atoms with van der Waals surface area (Å²) >= 11 is 5.20. The van der Waals surface area contributed by atoms with Gasteiger partial charge in [-0.2, -0.15) is 0 Å². The summed E-state index contributed by atoms with van der Waals surface area (Å²) in [6, 6.07) is 13.9. The second-order valence-electron chi connectivity index (χ2n) is 6.01. The number of hydrogen-bond acceptors (Lipinski definition) is 3. The largest absolute Gasteiger partial charge is 0.378 e. The number of amides is 1. The number of nitrogens with one attached hydrogen (secondary N) is 1. The van der Waals surface area contributed by atoms with E-state index in [1.165, 1.54) is 5.56 Å². The lowest BCUT2D eigenvalue weighted by Gasteiger charge is -2.32. The molecule has 1 aromatic carbocycles. The average Bonchev–Trinajstić information content (AvgIpc) is 2.63. The Morgan fingerprint density at radius 2 is 1.92 bits per heavy atom. The molecule has 1 aliphatic rings. The summed E-state index contributed by atoms with van der Waals surface area (Å²) in [5.74, 6) is 0.0135. The molecule has 0 atom stereocenters. The molecule has 1 N–H and O–H groups in total. The van der Waals surface area contributed by atoms with Crippen LogP contribution >= 0.6 is 12.2 Å². The Balaban J connectivity index is 1.45. The minimum Gasteiger partial charge on any atom is -0.378 e. The summed E-state index contributed by atoms with van der Waals surface area (Å²) in [7, 11) is 0. The molecule has 0 saturated carbocycles. The lowest BCUT2D eigenvalue weighted by Crippen LogP contribution is -2.41. The van der Waals surface area contributed by atoms with Crippen LogP contribution in [-0.2, 0) is 11.2 Å². The van der Waals surface area contributed by atoms with Crippen molar-refractivity contribution in [1.82, 2.24) is 9.88 Å². The van der Waals surface area contributed by atoms with Crippen LogP contribution in [0.3, 0.4) is 0 Å². The Hall–Kier alpha value is -1.98. The molecule has 126 valence electrons. The summed E-state index contributed by atoms with van der Waals surface area (Å²) in [5.41, 5.74) is 1.87. The highest BCUT2D eigenvalue weighted by Gasteiger charge is 2.24. The van der Waals surface area contributed by atoms with Crippen LogP contribution in [-0.4, -0.2) is 41.6 Å². The van der Waals surface area contributed by atoms with Crippen LogP contribution < -0.4 is 0 Å². The Morgan fingerprint density at radius 3 is 2.62 bits per heavy atom. The van der Waals surface area contributed by atoms with Crippen molar-refractivity contribution in [1.29, 1.82) is 0 Å². The van der Waals surface area contributed by atoms with Gasteiger partial charge in [-0.3, -0.25) is 4.79 Å². The lowest BCUT2D eigenvalue weighted by atomic mass is 10.1. The Kier molecular flexibility index (Phi) is 5.77. The van der Waals surface area contributed by atoms with Crippen LogP contribution in [0.1, 0.15) is 28.8 Å². The molecule has 2 aromatic rings. The molecular weight excluding hydrogens is 320 g/mol. The first-order valence-electron chi connectivity index (χ1n) is 8.36. The minimum absolute atomic E-state index is 0.0135. The Bertz CT molecular complexity index is 721. The first kappa shape index (κ1) is 16.9. The van der Waals surface area contributed by atoms with Crippen molar-refractivity contribution in [3.8, 4) is 0 Å². The van der Waals surface area contributed by atoms with E-state index in [9.17, 15) is 4.79 Å². The summed E-state index contributed by atoms with van der Waals surface area (Å²) in [4.78, 5) is 17.3. The maximum Gasteiger partial charge on any atom is 0.256 e. The number of ether oxygens (including phenoxy) is 1. The van der Waals surface area contributed by atoms with Gasteiger partial charge in [0.15, 0.2) is 0 Å². The van der Waals surface area contributed by atoms with Gasteiger partial charge in [-0.1, -0.05) is 42.5 Å². The third kappa shape index (κ3) is 4.30. The number of pyridine rings is 1. The maximum absolute atomic E-state index is 12.5. The summed E-state index contributed by atoms with van der Waals surface area (Å²) < 4.78 is 6.48. The molecule has 4 nitrogen and oxygen atoms in total. The summed E-state index contributed by atoms with van der Waals surface area (Å²) in [6.07, 6.45) is 4.67. The number of benzene rings is 1. The van der Waals surface area contributed by atoms with Crippen LogP contribution in [0.15, 0.2) is 48.7 Å². The van der Waals surface area contributed by atoms with Crippen molar-refractivity contribution in [2.75, 3.05) is 19.7 Å². The fourth-order valence-corrected chi connectivity index (χ4v) is 3.20. The monoisotopic (exact) mass is 342 g/mol. The van der Waals surface area contributed by atoms with Crippen molar-refractivity contribution >= 4 is 18.1 Å². The lowest BCUT2D eigenvalue weighted by molar-refractivity contribution is 0.0100. The second-order valence-corrected chi connectivity index (χ2v) is 6.42. The van der Waals surface area contributed by atoms with E-state index >= 15 is 0 Å². The fourth-order valence-electron chi connectivity index (χ4n) is 2.97. The van der Waals surface area contributed by atoms with Crippen LogP contribution in [0.2, 0.25) is 0 Å². The van der Waals surface area contributed by atoms with Crippen LogP contribution in [0.4, 0.5) is 0 Å². The SMILES string of the molecule is O=C(c1ccc[nH]c1=S)N1CCC(OCCc2ccccc2)CC1. The maximum atomic E-state index is 12.5. The number of aromatic amines is 1. The summed E-state index contributed by atoms with van der Waals surface area (Å²) in [6.45, 7) is 2.17. The summed E-state index contributed by atoms with van der Waals surface area (Å²) in [5, 5.41) is 0. The van der Waals surface area contributed by atoms with E-state index in [0.29, 0.717) is 10.2 Å². The number of hydrogen-bond donors (Lipinski definition) is 1. The molecule has 24 heavy (non-hydrogen) atoms. The average molecular weight is 342 g/mol. The van der Waals surface area contributed by atoms with Crippen molar-refractivity contribution in [3.05, 3.63) is 64.4 Å². The number of rotatable bonds is 5. The fraction of sp³-hybridized carbons (Fsp3) is 0.368. The van der Waals surface area contributed by atoms with Crippen LogP contribution in [0, 0.1) is 4.64 Å². The van der Waals surface area contributed by atoms with E-state index in [0.717, 1.165) is 39.0 Å². The van der Waals surface area contributed by atoms with Gasteiger partial charge in [-0.25, -0.2) is 0 Å². The van der Waals surface area contributed by atoms with E-state index < -0.39 is 0 Å². The first-order valence-corrected chi connectivity index (χ1v) is 8.77. The molecule has 0 radical (unpaired) electrons. The number of piperidine rings is 1. The Morgan fingerprint density at radius 1 is 1.17 bits per heavy atom. The molecule has 2 heterocycles. The number of carbonyl (C=O) groups is 1. The highest BCUT2D eigenvalue weighted by atomic mass is 32.1. The molecular formula is C19H22N2O2S. The van der Waals surface area contributed by atoms with Gasteiger partial charge in [0.25, 0.3) is 5.91 Å². The van der Waals surface area contributed by atoms with Crippen LogP contribution in [0.5, 0.6) is 0 Å². The van der Waals surface area contributed by atoms with Gasteiger partial charge < -0.3 is 14.6 Å². The first-order chi connectivity index (χ1) is 11.7. The van der Waals surface area contributed by atoms with Crippen molar-refractivity contribution < 1.29 is 9.53 Å².